The minimum atomic E-state index is -0.230. The van der Waals surface area contributed by atoms with Crippen molar-refractivity contribution in [2.75, 3.05) is 13.1 Å². The van der Waals surface area contributed by atoms with Crippen LogP contribution < -0.4 is 10.6 Å². The van der Waals surface area contributed by atoms with Crippen LogP contribution in [0.1, 0.15) is 42.8 Å². The summed E-state index contributed by atoms with van der Waals surface area (Å²) in [5.41, 5.74) is 2.61. The molecule has 1 aromatic carbocycles. The van der Waals surface area contributed by atoms with Gasteiger partial charge in [-0.1, -0.05) is 30.3 Å². The lowest BCUT2D eigenvalue weighted by molar-refractivity contribution is 0.175. The summed E-state index contributed by atoms with van der Waals surface area (Å²) >= 11 is 1.76. The van der Waals surface area contributed by atoms with E-state index in [1.165, 1.54) is 16.0 Å². The highest BCUT2D eigenvalue weighted by Crippen LogP contribution is 2.29. The maximum atomic E-state index is 12.2. The highest BCUT2D eigenvalue weighted by Gasteiger charge is 2.26. The fourth-order valence-corrected chi connectivity index (χ4v) is 4.11. The topological polar surface area (TPSA) is 44.4 Å². The molecule has 2 N–H and O–H groups in total. The lowest BCUT2D eigenvalue weighted by atomic mass is 9.98. The molecule has 5 heteroatoms. The van der Waals surface area contributed by atoms with Crippen LogP contribution in [0.3, 0.4) is 0 Å². The summed E-state index contributed by atoms with van der Waals surface area (Å²) in [6.07, 6.45) is 1.06. The molecule has 2 heterocycles. The molecule has 1 aliphatic rings. The Balaban J connectivity index is 1.70. The lowest BCUT2D eigenvalue weighted by Gasteiger charge is -2.35. The molecule has 0 fully saturated rings. The van der Waals surface area contributed by atoms with Crippen molar-refractivity contribution in [3.63, 3.8) is 0 Å². The van der Waals surface area contributed by atoms with Crippen molar-refractivity contribution in [1.82, 2.24) is 15.5 Å². The molecule has 2 amide bonds. The van der Waals surface area contributed by atoms with Gasteiger partial charge in [0.15, 0.2) is 0 Å². The van der Waals surface area contributed by atoms with E-state index in [-0.39, 0.29) is 17.6 Å². The zero-order chi connectivity index (χ0) is 17.9. The Hall–Kier alpha value is -1.85. The second kappa shape index (κ2) is 7.58. The standard InChI is InChI=1S/C20H27N3OS/c1-20(2,3)22-19(24)21-13-17(18-9-6-12-25-18)23-11-10-15-7-4-5-8-16(15)14-23/h4-9,12,17H,10-11,13-14H2,1-3H3,(H2,21,22,24). The Labute approximate surface area is 154 Å². The summed E-state index contributed by atoms with van der Waals surface area (Å²) < 4.78 is 0. The number of urea groups is 1. The lowest BCUT2D eigenvalue weighted by Crippen LogP contribution is -2.49. The average Bonchev–Trinajstić information content (AvgIpc) is 3.07. The number of carbonyl (C=O) groups excluding carboxylic acids is 1. The number of carbonyl (C=O) groups is 1. The van der Waals surface area contributed by atoms with Gasteiger partial charge in [-0.3, -0.25) is 4.90 Å². The molecule has 1 atom stereocenters. The van der Waals surface area contributed by atoms with E-state index in [1.807, 2.05) is 20.8 Å². The minimum Gasteiger partial charge on any atom is -0.336 e. The number of hydrogen-bond acceptors (Lipinski definition) is 3. The number of benzene rings is 1. The molecular formula is C20H27N3OS. The summed E-state index contributed by atoms with van der Waals surface area (Å²) in [6.45, 7) is 8.54. The van der Waals surface area contributed by atoms with E-state index in [1.54, 1.807) is 11.3 Å². The number of thiophene rings is 1. The minimum absolute atomic E-state index is 0.105. The van der Waals surface area contributed by atoms with Crippen LogP contribution in [0.5, 0.6) is 0 Å². The second-order valence-electron chi connectivity index (χ2n) is 7.61. The van der Waals surface area contributed by atoms with Gasteiger partial charge in [0.05, 0.1) is 6.04 Å². The quantitative estimate of drug-likeness (QED) is 0.870. The molecule has 4 nitrogen and oxygen atoms in total. The number of nitrogens with one attached hydrogen (secondary N) is 2. The van der Waals surface area contributed by atoms with Crippen LogP contribution in [-0.4, -0.2) is 29.6 Å². The molecule has 134 valence electrons. The summed E-state index contributed by atoms with van der Waals surface area (Å²) in [6, 6.07) is 13.0. The molecular weight excluding hydrogens is 330 g/mol. The third-order valence-electron chi connectivity index (χ3n) is 4.42. The van der Waals surface area contributed by atoms with Crippen LogP contribution in [0, 0.1) is 0 Å². The van der Waals surface area contributed by atoms with E-state index in [0.29, 0.717) is 6.54 Å². The van der Waals surface area contributed by atoms with Crippen molar-refractivity contribution in [2.24, 2.45) is 0 Å². The van der Waals surface area contributed by atoms with Crippen LogP contribution in [-0.2, 0) is 13.0 Å². The Kier molecular flexibility index (Phi) is 5.45. The fraction of sp³-hybridized carbons (Fsp3) is 0.450. The number of amides is 2. The maximum Gasteiger partial charge on any atom is 0.315 e. The molecule has 3 rings (SSSR count). The van der Waals surface area contributed by atoms with Crippen molar-refractivity contribution in [2.45, 2.75) is 45.3 Å². The Morgan fingerprint density at radius 2 is 1.96 bits per heavy atom. The summed E-state index contributed by atoms with van der Waals surface area (Å²) in [5, 5.41) is 8.14. The molecule has 0 bridgehead atoms. The Morgan fingerprint density at radius 1 is 1.20 bits per heavy atom. The molecule has 1 aliphatic heterocycles. The van der Waals surface area contributed by atoms with Gasteiger partial charge in [0.25, 0.3) is 0 Å². The number of rotatable bonds is 4. The van der Waals surface area contributed by atoms with E-state index in [4.69, 9.17) is 0 Å². The van der Waals surface area contributed by atoms with E-state index in [9.17, 15) is 4.79 Å². The largest absolute Gasteiger partial charge is 0.336 e. The van der Waals surface area contributed by atoms with Gasteiger partial charge >= 0.3 is 6.03 Å². The first kappa shape index (κ1) is 18.0. The molecule has 0 spiro atoms. The second-order valence-corrected chi connectivity index (χ2v) is 8.58. The van der Waals surface area contributed by atoms with Crippen LogP contribution in [0.15, 0.2) is 41.8 Å². The van der Waals surface area contributed by atoms with Gasteiger partial charge in [-0.05, 0) is 49.8 Å². The van der Waals surface area contributed by atoms with Gasteiger partial charge in [-0.2, -0.15) is 0 Å². The molecule has 1 unspecified atom stereocenters. The van der Waals surface area contributed by atoms with Gasteiger partial charge in [0.2, 0.25) is 0 Å². The highest BCUT2D eigenvalue weighted by atomic mass is 32.1. The first-order valence-electron chi connectivity index (χ1n) is 8.82. The van der Waals surface area contributed by atoms with Crippen molar-refractivity contribution in [1.29, 1.82) is 0 Å². The van der Waals surface area contributed by atoms with Gasteiger partial charge in [-0.25, -0.2) is 4.79 Å². The third-order valence-corrected chi connectivity index (χ3v) is 5.39. The van der Waals surface area contributed by atoms with E-state index in [2.05, 4.69) is 57.3 Å². The zero-order valence-electron chi connectivity index (χ0n) is 15.2. The smallest absolute Gasteiger partial charge is 0.315 e. The van der Waals surface area contributed by atoms with Gasteiger partial charge in [0.1, 0.15) is 0 Å². The average molecular weight is 358 g/mol. The number of fused-ring (bicyclic) bond motifs is 1. The SMILES string of the molecule is CC(C)(C)NC(=O)NCC(c1cccs1)N1CCc2ccccc2C1. The Bertz CT molecular complexity index is 706. The molecule has 0 saturated carbocycles. The van der Waals surface area contributed by atoms with Crippen LogP contribution >= 0.6 is 11.3 Å². The van der Waals surface area contributed by atoms with Gasteiger partial charge in [0, 0.05) is 30.1 Å². The van der Waals surface area contributed by atoms with E-state index in [0.717, 1.165) is 19.5 Å². The molecule has 2 aromatic rings. The maximum absolute atomic E-state index is 12.2. The molecule has 0 saturated heterocycles. The highest BCUT2D eigenvalue weighted by molar-refractivity contribution is 7.10. The predicted octanol–water partition coefficient (Wildman–Crippen LogP) is 3.95. The van der Waals surface area contributed by atoms with Crippen molar-refractivity contribution in [3.05, 3.63) is 57.8 Å². The number of nitrogens with zero attached hydrogens (tertiary/aromatic N) is 1. The van der Waals surface area contributed by atoms with E-state index >= 15 is 0 Å². The van der Waals surface area contributed by atoms with E-state index < -0.39 is 0 Å². The summed E-state index contributed by atoms with van der Waals surface area (Å²) in [4.78, 5) is 16.0. The van der Waals surface area contributed by atoms with Gasteiger partial charge in [-0.15, -0.1) is 11.3 Å². The van der Waals surface area contributed by atoms with Crippen LogP contribution in [0.25, 0.3) is 0 Å². The summed E-state index contributed by atoms with van der Waals surface area (Å²) in [7, 11) is 0. The Morgan fingerprint density at radius 3 is 2.64 bits per heavy atom. The monoisotopic (exact) mass is 357 g/mol. The fourth-order valence-electron chi connectivity index (χ4n) is 3.25. The van der Waals surface area contributed by atoms with Gasteiger partial charge < -0.3 is 10.6 Å². The molecule has 1 aromatic heterocycles. The molecule has 0 radical (unpaired) electrons. The molecule has 0 aliphatic carbocycles. The zero-order valence-corrected chi connectivity index (χ0v) is 16.0. The first-order chi connectivity index (χ1) is 11.9. The van der Waals surface area contributed by atoms with Crippen LogP contribution in [0.2, 0.25) is 0 Å². The first-order valence-corrected chi connectivity index (χ1v) is 9.70. The van der Waals surface area contributed by atoms with Crippen molar-refractivity contribution in [3.8, 4) is 0 Å². The third kappa shape index (κ3) is 4.83. The summed E-state index contributed by atoms with van der Waals surface area (Å²) in [5.74, 6) is 0. The molecule has 25 heavy (non-hydrogen) atoms. The van der Waals surface area contributed by atoms with Crippen LogP contribution in [0.4, 0.5) is 4.79 Å². The van der Waals surface area contributed by atoms with Crippen molar-refractivity contribution >= 4 is 17.4 Å². The van der Waals surface area contributed by atoms with Crippen molar-refractivity contribution < 1.29 is 4.79 Å². The predicted molar refractivity (Wildman–Crippen MR) is 104 cm³/mol. The normalized spacial score (nSPS) is 16.1. The number of hydrogen-bond donors (Lipinski definition) is 2.